The number of aromatic hydroxyl groups is 1. The lowest BCUT2D eigenvalue weighted by molar-refractivity contribution is 0.322. The van der Waals surface area contributed by atoms with Crippen LogP contribution < -0.4 is 4.74 Å². The number of unbranched alkanes of at least 4 members (excludes halogenated alkanes) is 1. The Kier molecular flexibility index (Phi) is 8.39. The fraction of sp³-hybridized carbons (Fsp3) is 0.316. The Morgan fingerprint density at radius 2 is 1.88 bits per heavy atom. The summed E-state index contributed by atoms with van der Waals surface area (Å²) in [5, 5.41) is 12.8. The molecular weight excluding hydrogens is 338 g/mol. The normalized spacial score (nSPS) is 10.2. The van der Waals surface area contributed by atoms with E-state index < -0.39 is 0 Å². The highest BCUT2D eigenvalue weighted by molar-refractivity contribution is 7.99. The molecule has 0 amide bonds. The van der Waals surface area contributed by atoms with Crippen LogP contribution in [-0.2, 0) is 0 Å². The highest BCUT2D eigenvalue weighted by atomic mass is 32.2. The fourth-order valence-corrected chi connectivity index (χ4v) is 3.15. The molecule has 0 aliphatic heterocycles. The first kappa shape index (κ1) is 18.5. The van der Waals surface area contributed by atoms with Crippen LogP contribution in [0.25, 0.3) is 11.1 Å². The zero-order chi connectivity index (χ0) is 17.0. The molecule has 0 bridgehead atoms. The lowest BCUT2D eigenvalue weighted by atomic mass is 10.0. The predicted octanol–water partition coefficient (Wildman–Crippen LogP) is 5.05. The summed E-state index contributed by atoms with van der Waals surface area (Å²) in [5.74, 6) is 2.71. The van der Waals surface area contributed by atoms with Crippen molar-refractivity contribution in [3.05, 3.63) is 48.5 Å². The number of ether oxygens (including phenoxy) is 1. The van der Waals surface area contributed by atoms with Gasteiger partial charge in [-0.2, -0.15) is 11.8 Å². The molecular formula is C19H21NO2S2. The van der Waals surface area contributed by atoms with Crippen molar-refractivity contribution in [2.45, 2.75) is 12.8 Å². The number of thiocarbonyl (C=S) groups is 1. The van der Waals surface area contributed by atoms with E-state index in [1.165, 1.54) is 0 Å². The average molecular weight is 360 g/mol. The lowest BCUT2D eigenvalue weighted by Gasteiger charge is -2.11. The molecule has 0 spiro atoms. The number of rotatable bonds is 10. The van der Waals surface area contributed by atoms with Crippen molar-refractivity contribution in [1.29, 1.82) is 0 Å². The van der Waals surface area contributed by atoms with Crippen molar-refractivity contribution in [3.63, 3.8) is 0 Å². The van der Waals surface area contributed by atoms with Crippen molar-refractivity contribution in [3.8, 4) is 22.6 Å². The Hall–Kier alpha value is -1.81. The molecule has 0 saturated heterocycles. The van der Waals surface area contributed by atoms with Crippen molar-refractivity contribution >= 4 is 29.1 Å². The van der Waals surface area contributed by atoms with Gasteiger partial charge in [0, 0.05) is 17.9 Å². The Balaban J connectivity index is 1.76. The minimum atomic E-state index is 0.201. The van der Waals surface area contributed by atoms with Gasteiger partial charge in [0.25, 0.3) is 0 Å². The summed E-state index contributed by atoms with van der Waals surface area (Å²) in [5.41, 5.74) is 1.77. The third-order valence-electron chi connectivity index (χ3n) is 3.44. The number of nitrogens with zero attached hydrogens (tertiary/aromatic N) is 1. The van der Waals surface area contributed by atoms with E-state index in [2.05, 4.69) is 22.4 Å². The first-order chi connectivity index (χ1) is 11.8. The number of isothiocyanates is 1. The first-order valence-corrected chi connectivity index (χ1v) is 9.51. The summed E-state index contributed by atoms with van der Waals surface area (Å²) in [7, 11) is 0. The smallest absolute Gasteiger partial charge is 0.165 e. The largest absolute Gasteiger partial charge is 0.504 e. The van der Waals surface area contributed by atoms with Crippen LogP contribution in [0.5, 0.6) is 11.5 Å². The van der Waals surface area contributed by atoms with Gasteiger partial charge in [-0.1, -0.05) is 42.5 Å². The molecule has 0 aromatic heterocycles. The van der Waals surface area contributed by atoms with Gasteiger partial charge in [-0.15, -0.1) is 0 Å². The monoisotopic (exact) mass is 359 g/mol. The fourth-order valence-electron chi connectivity index (χ4n) is 2.24. The number of para-hydroxylation sites is 1. The van der Waals surface area contributed by atoms with Crippen LogP contribution in [-0.4, -0.2) is 34.9 Å². The minimum Gasteiger partial charge on any atom is -0.504 e. The van der Waals surface area contributed by atoms with Crippen LogP contribution in [0, 0.1) is 0 Å². The summed E-state index contributed by atoms with van der Waals surface area (Å²) in [6.07, 6.45) is 2.15. The highest BCUT2D eigenvalue weighted by Gasteiger charge is 2.09. The Morgan fingerprint density at radius 1 is 1.04 bits per heavy atom. The van der Waals surface area contributed by atoms with E-state index in [4.69, 9.17) is 4.74 Å². The van der Waals surface area contributed by atoms with E-state index in [9.17, 15) is 5.11 Å². The van der Waals surface area contributed by atoms with E-state index in [0.29, 0.717) is 12.4 Å². The van der Waals surface area contributed by atoms with E-state index in [-0.39, 0.29) is 5.75 Å². The molecule has 2 aromatic rings. The second kappa shape index (κ2) is 10.9. The summed E-state index contributed by atoms with van der Waals surface area (Å²) in [4.78, 5) is 3.89. The SMILES string of the molecule is Oc1c(OCCSCCCCN=C=S)cccc1-c1ccccc1. The summed E-state index contributed by atoms with van der Waals surface area (Å²) in [6.45, 7) is 1.34. The van der Waals surface area contributed by atoms with Crippen molar-refractivity contribution in [2.75, 3.05) is 24.7 Å². The number of aliphatic imine (C=N–C) groups is 1. The van der Waals surface area contributed by atoms with E-state index in [1.807, 2.05) is 54.2 Å². The average Bonchev–Trinajstić information content (AvgIpc) is 2.62. The highest BCUT2D eigenvalue weighted by Crippen LogP contribution is 2.36. The van der Waals surface area contributed by atoms with Gasteiger partial charge in [-0.25, -0.2) is 4.99 Å². The molecule has 0 fully saturated rings. The number of phenolic OH excluding ortho intramolecular Hbond substituents is 1. The van der Waals surface area contributed by atoms with Gasteiger partial charge in [-0.3, -0.25) is 0 Å². The maximum absolute atomic E-state index is 10.4. The van der Waals surface area contributed by atoms with Gasteiger partial charge in [0.1, 0.15) is 0 Å². The van der Waals surface area contributed by atoms with Crippen LogP contribution in [0.4, 0.5) is 0 Å². The molecule has 0 aliphatic rings. The lowest BCUT2D eigenvalue weighted by Crippen LogP contribution is -2.01. The van der Waals surface area contributed by atoms with Crippen LogP contribution in [0.3, 0.4) is 0 Å². The maximum atomic E-state index is 10.4. The second-order valence-electron chi connectivity index (χ2n) is 5.16. The van der Waals surface area contributed by atoms with Gasteiger partial charge in [-0.05, 0) is 42.4 Å². The third-order valence-corrected chi connectivity index (χ3v) is 4.60. The molecule has 0 saturated carbocycles. The van der Waals surface area contributed by atoms with Crippen LogP contribution in [0.1, 0.15) is 12.8 Å². The Bertz CT molecular complexity index is 670. The van der Waals surface area contributed by atoms with Gasteiger partial charge in [0.2, 0.25) is 0 Å². The van der Waals surface area contributed by atoms with E-state index >= 15 is 0 Å². The minimum absolute atomic E-state index is 0.201. The van der Waals surface area contributed by atoms with E-state index in [0.717, 1.165) is 42.0 Å². The summed E-state index contributed by atoms with van der Waals surface area (Å²) < 4.78 is 5.73. The van der Waals surface area contributed by atoms with Crippen molar-refractivity contribution in [2.24, 2.45) is 4.99 Å². The van der Waals surface area contributed by atoms with E-state index in [1.54, 1.807) is 6.07 Å². The third kappa shape index (κ3) is 6.00. The second-order valence-corrected chi connectivity index (χ2v) is 6.57. The molecule has 0 unspecified atom stereocenters. The maximum Gasteiger partial charge on any atom is 0.165 e. The quantitative estimate of drug-likeness (QED) is 0.366. The molecule has 24 heavy (non-hydrogen) atoms. The first-order valence-electron chi connectivity index (χ1n) is 7.94. The number of phenols is 1. The molecule has 0 atom stereocenters. The predicted molar refractivity (Wildman–Crippen MR) is 105 cm³/mol. The molecule has 126 valence electrons. The van der Waals surface area contributed by atoms with Gasteiger partial charge in [0.15, 0.2) is 11.5 Å². The number of thioether (sulfide) groups is 1. The van der Waals surface area contributed by atoms with Crippen molar-refractivity contribution in [1.82, 2.24) is 0 Å². The molecule has 0 aliphatic carbocycles. The Morgan fingerprint density at radius 3 is 2.67 bits per heavy atom. The molecule has 2 rings (SSSR count). The van der Waals surface area contributed by atoms with Crippen LogP contribution in [0.2, 0.25) is 0 Å². The summed E-state index contributed by atoms with van der Waals surface area (Å²) >= 11 is 6.37. The van der Waals surface area contributed by atoms with Gasteiger partial charge >= 0.3 is 0 Å². The molecule has 0 heterocycles. The summed E-state index contributed by atoms with van der Waals surface area (Å²) in [6, 6.07) is 15.4. The topological polar surface area (TPSA) is 41.8 Å². The Labute approximate surface area is 152 Å². The van der Waals surface area contributed by atoms with Crippen LogP contribution in [0.15, 0.2) is 53.5 Å². The molecule has 1 N–H and O–H groups in total. The van der Waals surface area contributed by atoms with Crippen molar-refractivity contribution < 1.29 is 9.84 Å². The van der Waals surface area contributed by atoms with Crippen LogP contribution >= 0.6 is 24.0 Å². The molecule has 0 radical (unpaired) electrons. The molecule has 5 heteroatoms. The number of benzene rings is 2. The zero-order valence-electron chi connectivity index (χ0n) is 13.5. The van der Waals surface area contributed by atoms with Gasteiger partial charge in [0.05, 0.1) is 11.8 Å². The molecule has 2 aromatic carbocycles. The standard InChI is InChI=1S/C19H21NO2S2/c21-19-17(16-7-2-1-3-8-16)9-6-10-18(19)22-12-14-24-13-5-4-11-20-15-23/h1-3,6-10,21H,4-5,11-14H2. The number of hydrogen-bond acceptors (Lipinski definition) is 5. The molecule has 3 nitrogen and oxygen atoms in total. The zero-order valence-corrected chi connectivity index (χ0v) is 15.1. The number of hydrogen-bond donors (Lipinski definition) is 1. The van der Waals surface area contributed by atoms with Gasteiger partial charge < -0.3 is 9.84 Å².